The Bertz CT molecular complexity index is 776. The molecule has 3 atom stereocenters. The van der Waals surface area contributed by atoms with Gasteiger partial charge in [0.2, 0.25) is 5.91 Å². The van der Waals surface area contributed by atoms with E-state index in [0.717, 1.165) is 0 Å². The van der Waals surface area contributed by atoms with Crippen molar-refractivity contribution in [3.05, 3.63) is 35.9 Å². The van der Waals surface area contributed by atoms with Crippen LogP contribution in [0.1, 0.15) is 24.2 Å². The number of aliphatic carboxylic acids is 2. The molecule has 1 unspecified atom stereocenters. The number of carboxylic acid groups (broad SMARTS) is 2. The summed E-state index contributed by atoms with van der Waals surface area (Å²) in [4.78, 5) is 52.0. The Kier molecular flexibility index (Phi) is 8.59. The van der Waals surface area contributed by atoms with Crippen LogP contribution in [0.15, 0.2) is 35.3 Å². The van der Waals surface area contributed by atoms with Crippen molar-refractivity contribution in [1.29, 1.82) is 0 Å². The van der Waals surface area contributed by atoms with E-state index in [1.165, 1.54) is 12.1 Å². The van der Waals surface area contributed by atoms with E-state index in [1.807, 2.05) is 0 Å². The molecule has 0 spiro atoms. The molecular weight excluding hydrogens is 382 g/mol. The fraction of sp³-hybridized carbons (Fsp3) is 0.389. The zero-order chi connectivity index (χ0) is 22.1. The molecule has 158 valence electrons. The summed E-state index contributed by atoms with van der Waals surface area (Å²) in [7, 11) is 0. The van der Waals surface area contributed by atoms with E-state index >= 15 is 0 Å². The molecule has 1 aromatic carbocycles. The van der Waals surface area contributed by atoms with Crippen LogP contribution in [-0.2, 0) is 14.4 Å². The van der Waals surface area contributed by atoms with Gasteiger partial charge in [-0.15, -0.1) is 0 Å². The van der Waals surface area contributed by atoms with Crippen LogP contribution in [0.25, 0.3) is 0 Å². The van der Waals surface area contributed by atoms with Crippen molar-refractivity contribution in [2.45, 2.75) is 25.9 Å². The highest BCUT2D eigenvalue weighted by Gasteiger charge is 2.37. The van der Waals surface area contributed by atoms with Crippen molar-refractivity contribution in [3.8, 4) is 0 Å². The van der Waals surface area contributed by atoms with Crippen molar-refractivity contribution in [3.63, 3.8) is 0 Å². The van der Waals surface area contributed by atoms with Crippen LogP contribution in [0.4, 0.5) is 0 Å². The summed E-state index contributed by atoms with van der Waals surface area (Å²) in [5, 5.41) is 23.4. The topological polar surface area (TPSA) is 197 Å². The number of hydrogen-bond acceptors (Lipinski definition) is 5. The zero-order valence-electron chi connectivity index (χ0n) is 16.0. The second-order valence-electron chi connectivity index (χ2n) is 6.60. The number of carbonyl (C=O) groups is 4. The van der Waals surface area contributed by atoms with Crippen LogP contribution >= 0.6 is 0 Å². The first-order chi connectivity index (χ1) is 13.5. The maximum atomic E-state index is 12.8. The minimum Gasteiger partial charge on any atom is -0.481 e. The van der Waals surface area contributed by atoms with E-state index in [4.69, 9.17) is 11.5 Å². The van der Waals surface area contributed by atoms with Crippen molar-refractivity contribution in [2.24, 2.45) is 28.3 Å². The van der Waals surface area contributed by atoms with Crippen LogP contribution in [0, 0.1) is 11.8 Å². The van der Waals surface area contributed by atoms with Gasteiger partial charge in [-0.3, -0.25) is 19.4 Å². The van der Waals surface area contributed by atoms with Gasteiger partial charge in [0.15, 0.2) is 5.96 Å². The number of nitrogens with one attached hydrogen (secondary N) is 2. The monoisotopic (exact) mass is 407 g/mol. The molecule has 0 aliphatic heterocycles. The van der Waals surface area contributed by atoms with E-state index in [9.17, 15) is 29.4 Å². The van der Waals surface area contributed by atoms with Gasteiger partial charge in [-0.2, -0.15) is 0 Å². The first-order valence-electron chi connectivity index (χ1n) is 8.71. The Morgan fingerprint density at radius 3 is 2.00 bits per heavy atom. The minimum atomic E-state index is -1.62. The van der Waals surface area contributed by atoms with Gasteiger partial charge in [0.1, 0.15) is 18.0 Å². The molecule has 0 fully saturated rings. The lowest BCUT2D eigenvalue weighted by Gasteiger charge is -2.26. The van der Waals surface area contributed by atoms with Crippen molar-refractivity contribution in [1.82, 2.24) is 10.6 Å². The van der Waals surface area contributed by atoms with Crippen LogP contribution in [0.2, 0.25) is 0 Å². The lowest BCUT2D eigenvalue weighted by atomic mass is 9.96. The van der Waals surface area contributed by atoms with Gasteiger partial charge in [0, 0.05) is 5.56 Å². The van der Waals surface area contributed by atoms with E-state index in [-0.39, 0.29) is 5.56 Å². The Labute approximate surface area is 167 Å². The lowest BCUT2D eigenvalue weighted by Crippen LogP contribution is -2.57. The number of rotatable bonds is 10. The fourth-order valence-corrected chi connectivity index (χ4v) is 2.45. The minimum absolute atomic E-state index is 0.190. The summed E-state index contributed by atoms with van der Waals surface area (Å²) in [6.07, 6.45) is 0. The molecule has 0 saturated carbocycles. The number of amides is 2. The first-order valence-corrected chi connectivity index (χ1v) is 8.71. The molecular formula is C18H25N5O6. The van der Waals surface area contributed by atoms with Gasteiger partial charge in [-0.05, 0) is 18.1 Å². The molecule has 8 N–H and O–H groups in total. The molecule has 11 nitrogen and oxygen atoms in total. The zero-order valence-corrected chi connectivity index (χ0v) is 16.0. The predicted octanol–water partition coefficient (Wildman–Crippen LogP) is -1.02. The summed E-state index contributed by atoms with van der Waals surface area (Å²) in [6.45, 7) is 2.65. The number of carbonyl (C=O) groups excluding carboxylic acids is 2. The number of nitrogens with zero attached hydrogens (tertiary/aromatic N) is 1. The Balaban J connectivity index is 3.22. The summed E-state index contributed by atoms with van der Waals surface area (Å²) in [5.74, 6) is -6.84. The molecule has 29 heavy (non-hydrogen) atoms. The normalized spacial score (nSPS) is 13.6. The van der Waals surface area contributed by atoms with Crippen molar-refractivity contribution >= 4 is 29.7 Å². The van der Waals surface area contributed by atoms with E-state index < -0.39 is 60.2 Å². The highest BCUT2D eigenvalue weighted by Crippen LogP contribution is 2.11. The Hall–Kier alpha value is -3.63. The molecule has 0 radical (unpaired) electrons. The molecule has 1 aromatic rings. The number of guanidine groups is 1. The molecule has 0 heterocycles. The average molecular weight is 407 g/mol. The van der Waals surface area contributed by atoms with Gasteiger partial charge < -0.3 is 32.3 Å². The highest BCUT2D eigenvalue weighted by atomic mass is 16.4. The van der Waals surface area contributed by atoms with Crippen molar-refractivity contribution < 1.29 is 29.4 Å². The molecule has 2 amide bonds. The summed E-state index contributed by atoms with van der Waals surface area (Å²) >= 11 is 0. The summed E-state index contributed by atoms with van der Waals surface area (Å²) in [6, 6.07) is 4.92. The maximum absolute atomic E-state index is 12.8. The molecule has 11 heteroatoms. The number of aliphatic imine (C=N–C) groups is 1. The second kappa shape index (κ2) is 10.6. The van der Waals surface area contributed by atoms with E-state index in [2.05, 4.69) is 15.6 Å². The van der Waals surface area contributed by atoms with Gasteiger partial charge in [-0.1, -0.05) is 32.0 Å². The largest absolute Gasteiger partial charge is 0.481 e. The Morgan fingerprint density at radius 1 is 0.966 bits per heavy atom. The molecule has 0 aliphatic carbocycles. The summed E-state index contributed by atoms with van der Waals surface area (Å²) < 4.78 is 0. The van der Waals surface area contributed by atoms with E-state index in [0.29, 0.717) is 0 Å². The number of nitrogens with two attached hydrogens (primary N) is 2. The quantitative estimate of drug-likeness (QED) is 0.209. The number of benzene rings is 1. The summed E-state index contributed by atoms with van der Waals surface area (Å²) in [5.41, 5.74) is 10.7. The van der Waals surface area contributed by atoms with Crippen molar-refractivity contribution in [2.75, 3.05) is 6.54 Å². The van der Waals surface area contributed by atoms with Gasteiger partial charge in [-0.25, -0.2) is 4.79 Å². The third-order valence-electron chi connectivity index (χ3n) is 4.03. The predicted molar refractivity (Wildman–Crippen MR) is 104 cm³/mol. The molecule has 1 rings (SSSR count). The molecule has 0 aromatic heterocycles. The SMILES string of the molecule is CC(C)[C@H](NC(=O)[C@@H](NC(=O)c1ccccc1)C(CN=C(N)N)C(=O)O)C(=O)O. The van der Waals surface area contributed by atoms with Crippen LogP contribution in [0.5, 0.6) is 0 Å². The number of hydrogen-bond donors (Lipinski definition) is 6. The number of carboxylic acids is 2. The molecule has 0 bridgehead atoms. The van der Waals surface area contributed by atoms with Crippen LogP contribution < -0.4 is 22.1 Å². The molecule has 0 saturated heterocycles. The van der Waals surface area contributed by atoms with E-state index in [1.54, 1.807) is 32.0 Å². The Morgan fingerprint density at radius 2 is 1.55 bits per heavy atom. The average Bonchev–Trinajstić information content (AvgIpc) is 2.64. The third-order valence-corrected chi connectivity index (χ3v) is 4.03. The third kappa shape index (κ3) is 7.13. The highest BCUT2D eigenvalue weighted by molar-refractivity contribution is 5.99. The fourth-order valence-electron chi connectivity index (χ4n) is 2.45. The maximum Gasteiger partial charge on any atom is 0.326 e. The lowest BCUT2D eigenvalue weighted by molar-refractivity contribution is -0.146. The van der Waals surface area contributed by atoms with Crippen LogP contribution in [-0.4, -0.2) is 58.6 Å². The van der Waals surface area contributed by atoms with Gasteiger partial charge in [0.05, 0.1) is 6.54 Å². The standard InChI is InChI=1S/C18H25N5O6/c1-9(2)12(17(28)29)22-15(25)13(11(16(26)27)8-21-18(19)20)23-14(24)10-6-4-3-5-7-10/h3-7,9,11-13H,8H2,1-2H3,(H,22,25)(H,23,24)(H,26,27)(H,28,29)(H4,19,20,21)/t11?,12-,13-/m0/s1. The second-order valence-corrected chi connectivity index (χ2v) is 6.60. The van der Waals surface area contributed by atoms with Crippen LogP contribution in [0.3, 0.4) is 0 Å². The van der Waals surface area contributed by atoms with Gasteiger partial charge >= 0.3 is 11.9 Å². The van der Waals surface area contributed by atoms with Gasteiger partial charge in [0.25, 0.3) is 5.91 Å². The smallest absolute Gasteiger partial charge is 0.326 e. The molecule has 0 aliphatic rings. The first kappa shape index (κ1) is 23.4.